The van der Waals surface area contributed by atoms with Crippen LogP contribution >= 0.6 is 23.4 Å². The summed E-state index contributed by atoms with van der Waals surface area (Å²) in [6.07, 6.45) is 0. The molecule has 28 heavy (non-hydrogen) atoms. The van der Waals surface area contributed by atoms with Crippen molar-refractivity contribution in [2.75, 3.05) is 18.2 Å². The summed E-state index contributed by atoms with van der Waals surface area (Å²) >= 11 is 7.47. The van der Waals surface area contributed by atoms with Gasteiger partial charge in [0.1, 0.15) is 5.75 Å². The van der Waals surface area contributed by atoms with Crippen LogP contribution in [-0.2, 0) is 4.79 Å². The Labute approximate surface area is 172 Å². The molecule has 1 N–H and O–H groups in total. The van der Waals surface area contributed by atoms with E-state index in [1.807, 2.05) is 30.3 Å². The minimum Gasteiger partial charge on any atom is -0.497 e. The number of carbonyl (C=O) groups is 2. The Balaban J connectivity index is 1.71. The fourth-order valence-electron chi connectivity index (χ4n) is 2.57. The van der Waals surface area contributed by atoms with Crippen LogP contribution in [0.25, 0.3) is 0 Å². The molecule has 3 rings (SSSR count). The van der Waals surface area contributed by atoms with E-state index in [2.05, 4.69) is 5.32 Å². The highest BCUT2D eigenvalue weighted by Crippen LogP contribution is 2.25. The lowest BCUT2D eigenvalue weighted by molar-refractivity contribution is -0.113. The Hall–Kier alpha value is -2.76. The van der Waals surface area contributed by atoms with Crippen molar-refractivity contribution in [1.82, 2.24) is 0 Å². The van der Waals surface area contributed by atoms with E-state index in [0.717, 1.165) is 10.6 Å². The first-order valence-electron chi connectivity index (χ1n) is 8.53. The van der Waals surface area contributed by atoms with Gasteiger partial charge in [0.05, 0.1) is 18.6 Å². The molecular formula is C22H18ClNO3S. The number of ether oxygens (including phenoxy) is 1. The summed E-state index contributed by atoms with van der Waals surface area (Å²) in [4.78, 5) is 26.2. The lowest BCUT2D eigenvalue weighted by Gasteiger charge is -2.11. The monoisotopic (exact) mass is 411 g/mol. The fraction of sp³-hybridized carbons (Fsp3) is 0.0909. The van der Waals surface area contributed by atoms with Crippen molar-refractivity contribution >= 4 is 40.7 Å². The van der Waals surface area contributed by atoms with Crippen molar-refractivity contribution in [2.45, 2.75) is 4.90 Å². The molecule has 0 saturated heterocycles. The number of nitrogens with one attached hydrogen (secondary N) is 1. The normalized spacial score (nSPS) is 10.4. The van der Waals surface area contributed by atoms with Gasteiger partial charge in [-0.05, 0) is 42.5 Å². The summed E-state index contributed by atoms with van der Waals surface area (Å²) in [5.74, 6) is 0.582. The maximum Gasteiger partial charge on any atom is 0.234 e. The van der Waals surface area contributed by atoms with Gasteiger partial charge in [-0.2, -0.15) is 0 Å². The van der Waals surface area contributed by atoms with E-state index in [-0.39, 0.29) is 17.4 Å². The summed E-state index contributed by atoms with van der Waals surface area (Å²) in [6.45, 7) is 0. The van der Waals surface area contributed by atoms with Crippen LogP contribution in [0.4, 0.5) is 5.69 Å². The van der Waals surface area contributed by atoms with E-state index >= 15 is 0 Å². The minimum atomic E-state index is -0.203. The molecule has 1 amide bonds. The third-order valence-electron chi connectivity index (χ3n) is 3.97. The Bertz CT molecular complexity index is 975. The second-order valence-corrected chi connectivity index (χ2v) is 7.38. The number of rotatable bonds is 7. The molecule has 0 radical (unpaired) electrons. The van der Waals surface area contributed by atoms with Gasteiger partial charge in [-0.25, -0.2) is 0 Å². The highest BCUT2D eigenvalue weighted by molar-refractivity contribution is 8.00. The molecule has 0 unspecified atom stereocenters. The van der Waals surface area contributed by atoms with Gasteiger partial charge < -0.3 is 10.1 Å². The molecule has 4 nitrogen and oxygen atoms in total. The van der Waals surface area contributed by atoms with Crippen LogP contribution < -0.4 is 10.1 Å². The van der Waals surface area contributed by atoms with Crippen molar-refractivity contribution in [3.05, 3.63) is 88.9 Å². The Morgan fingerprint density at radius 2 is 1.71 bits per heavy atom. The number of halogens is 1. The van der Waals surface area contributed by atoms with Crippen LogP contribution in [0.3, 0.4) is 0 Å². The number of methoxy groups -OCH3 is 1. The predicted molar refractivity (Wildman–Crippen MR) is 114 cm³/mol. The number of amides is 1. The number of anilines is 1. The average Bonchev–Trinajstić information content (AvgIpc) is 2.74. The summed E-state index contributed by atoms with van der Waals surface area (Å²) < 4.78 is 5.12. The predicted octanol–water partition coefficient (Wildman–Crippen LogP) is 5.31. The Morgan fingerprint density at radius 1 is 1.00 bits per heavy atom. The maximum absolute atomic E-state index is 12.8. The first-order valence-corrected chi connectivity index (χ1v) is 9.89. The molecule has 0 saturated carbocycles. The van der Waals surface area contributed by atoms with E-state index in [1.54, 1.807) is 49.6 Å². The smallest absolute Gasteiger partial charge is 0.234 e. The molecule has 0 atom stereocenters. The maximum atomic E-state index is 12.8. The second-order valence-electron chi connectivity index (χ2n) is 5.90. The minimum absolute atomic E-state index is 0.193. The van der Waals surface area contributed by atoms with Crippen LogP contribution in [0.1, 0.15) is 15.9 Å². The van der Waals surface area contributed by atoms with Crippen molar-refractivity contribution in [2.24, 2.45) is 0 Å². The first kappa shape index (κ1) is 20.0. The van der Waals surface area contributed by atoms with Crippen molar-refractivity contribution < 1.29 is 14.3 Å². The topological polar surface area (TPSA) is 55.4 Å². The largest absolute Gasteiger partial charge is 0.497 e. The highest BCUT2D eigenvalue weighted by atomic mass is 35.5. The molecular weight excluding hydrogens is 394 g/mol. The lowest BCUT2D eigenvalue weighted by Crippen LogP contribution is -2.17. The van der Waals surface area contributed by atoms with Crippen molar-refractivity contribution in [3.63, 3.8) is 0 Å². The fourth-order valence-corrected chi connectivity index (χ4v) is 3.44. The number of hydrogen-bond donors (Lipinski definition) is 1. The number of carbonyl (C=O) groups excluding carboxylic acids is 2. The van der Waals surface area contributed by atoms with E-state index < -0.39 is 0 Å². The highest BCUT2D eigenvalue weighted by Gasteiger charge is 2.16. The molecule has 142 valence electrons. The van der Waals surface area contributed by atoms with Gasteiger partial charge in [-0.1, -0.05) is 41.9 Å². The van der Waals surface area contributed by atoms with Gasteiger partial charge in [-0.3, -0.25) is 9.59 Å². The van der Waals surface area contributed by atoms with Crippen LogP contribution in [-0.4, -0.2) is 24.6 Å². The average molecular weight is 412 g/mol. The molecule has 0 aliphatic carbocycles. The SMILES string of the molecule is COc1ccc(SCC(=O)Nc2ccc(Cl)cc2C(=O)c2ccccc2)cc1. The summed E-state index contributed by atoms with van der Waals surface area (Å²) in [5, 5.41) is 3.25. The molecule has 0 aliphatic heterocycles. The Kier molecular flexibility index (Phi) is 6.74. The molecule has 0 aromatic heterocycles. The third kappa shape index (κ3) is 5.15. The zero-order valence-corrected chi connectivity index (χ0v) is 16.7. The lowest BCUT2D eigenvalue weighted by atomic mass is 10.0. The quantitative estimate of drug-likeness (QED) is 0.422. The van der Waals surface area contributed by atoms with Crippen LogP contribution in [0.15, 0.2) is 77.7 Å². The number of benzene rings is 3. The molecule has 0 heterocycles. The second kappa shape index (κ2) is 9.44. The van der Waals surface area contributed by atoms with Gasteiger partial charge in [0, 0.05) is 21.0 Å². The molecule has 0 spiro atoms. The Morgan fingerprint density at radius 3 is 2.39 bits per heavy atom. The van der Waals surface area contributed by atoms with Crippen LogP contribution in [0, 0.1) is 0 Å². The molecule has 0 fully saturated rings. The zero-order valence-electron chi connectivity index (χ0n) is 15.1. The van der Waals surface area contributed by atoms with Crippen LogP contribution in [0.2, 0.25) is 5.02 Å². The van der Waals surface area contributed by atoms with E-state index in [9.17, 15) is 9.59 Å². The standard InChI is InChI=1S/C22H18ClNO3S/c1-27-17-8-10-18(11-9-17)28-14-21(25)24-20-12-7-16(23)13-19(20)22(26)15-5-3-2-4-6-15/h2-13H,14H2,1H3,(H,24,25). The molecule has 0 bridgehead atoms. The number of ketones is 1. The summed E-state index contributed by atoms with van der Waals surface area (Å²) in [7, 11) is 1.61. The van der Waals surface area contributed by atoms with Gasteiger partial charge in [0.2, 0.25) is 5.91 Å². The van der Waals surface area contributed by atoms with Gasteiger partial charge in [0.15, 0.2) is 5.78 Å². The zero-order chi connectivity index (χ0) is 19.9. The van der Waals surface area contributed by atoms with Gasteiger partial charge in [0.25, 0.3) is 0 Å². The van der Waals surface area contributed by atoms with Crippen molar-refractivity contribution in [3.8, 4) is 5.75 Å². The number of thioether (sulfide) groups is 1. The van der Waals surface area contributed by atoms with E-state index in [1.165, 1.54) is 11.8 Å². The summed E-state index contributed by atoms with van der Waals surface area (Å²) in [5.41, 5.74) is 1.34. The van der Waals surface area contributed by atoms with Crippen molar-refractivity contribution in [1.29, 1.82) is 0 Å². The summed E-state index contributed by atoms with van der Waals surface area (Å²) in [6, 6.07) is 21.2. The third-order valence-corrected chi connectivity index (χ3v) is 5.21. The van der Waals surface area contributed by atoms with E-state index in [0.29, 0.717) is 21.8 Å². The van der Waals surface area contributed by atoms with Gasteiger partial charge in [-0.15, -0.1) is 11.8 Å². The molecule has 0 aliphatic rings. The molecule has 6 heteroatoms. The first-order chi connectivity index (χ1) is 13.6. The van der Waals surface area contributed by atoms with Crippen LogP contribution in [0.5, 0.6) is 5.75 Å². The van der Waals surface area contributed by atoms with E-state index in [4.69, 9.17) is 16.3 Å². The molecule has 3 aromatic carbocycles. The van der Waals surface area contributed by atoms with Gasteiger partial charge >= 0.3 is 0 Å². The number of hydrogen-bond acceptors (Lipinski definition) is 4. The molecule has 3 aromatic rings.